The number of rotatable bonds is 8. The third-order valence-corrected chi connectivity index (χ3v) is 5.40. The van der Waals surface area contributed by atoms with Crippen LogP contribution in [-0.4, -0.2) is 58.8 Å². The molecule has 2 aromatic carbocycles. The molecule has 0 bridgehead atoms. The summed E-state index contributed by atoms with van der Waals surface area (Å²) in [6.07, 6.45) is 0.501. The van der Waals surface area contributed by atoms with E-state index in [0.717, 1.165) is 11.3 Å². The highest BCUT2D eigenvalue weighted by Crippen LogP contribution is 2.20. The van der Waals surface area contributed by atoms with Gasteiger partial charge >= 0.3 is 5.97 Å². The van der Waals surface area contributed by atoms with Crippen LogP contribution in [0.2, 0.25) is 0 Å². The van der Waals surface area contributed by atoms with E-state index in [2.05, 4.69) is 5.32 Å². The molecule has 2 aromatic rings. The van der Waals surface area contributed by atoms with Gasteiger partial charge in [-0.3, -0.25) is 9.69 Å². The molecular formula is C23H28N2O5. The fraction of sp³-hybridized carbons (Fsp3) is 0.391. The van der Waals surface area contributed by atoms with Crippen molar-refractivity contribution in [2.75, 3.05) is 19.7 Å². The second kappa shape index (κ2) is 10.2. The van der Waals surface area contributed by atoms with E-state index >= 15 is 0 Å². The zero-order chi connectivity index (χ0) is 21.5. The van der Waals surface area contributed by atoms with Crippen molar-refractivity contribution in [3.05, 3.63) is 65.7 Å². The van der Waals surface area contributed by atoms with Crippen LogP contribution in [0.25, 0.3) is 0 Å². The minimum Gasteiger partial charge on any atom is -0.492 e. The molecule has 0 aromatic heterocycles. The van der Waals surface area contributed by atoms with Crippen molar-refractivity contribution in [2.45, 2.75) is 38.0 Å². The Kier molecular flexibility index (Phi) is 7.43. The summed E-state index contributed by atoms with van der Waals surface area (Å²) in [5.41, 5.74) is 1.03. The first kappa shape index (κ1) is 21.8. The molecule has 1 aliphatic heterocycles. The highest BCUT2D eigenvalue weighted by atomic mass is 16.5. The number of carboxylic acids is 1. The zero-order valence-corrected chi connectivity index (χ0v) is 17.0. The highest BCUT2D eigenvalue weighted by Gasteiger charge is 2.33. The van der Waals surface area contributed by atoms with E-state index < -0.39 is 18.1 Å². The van der Waals surface area contributed by atoms with Crippen molar-refractivity contribution in [3.63, 3.8) is 0 Å². The summed E-state index contributed by atoms with van der Waals surface area (Å²) in [6, 6.07) is 15.3. The maximum Gasteiger partial charge on any atom is 0.335 e. The summed E-state index contributed by atoms with van der Waals surface area (Å²) in [7, 11) is 0. The fourth-order valence-corrected chi connectivity index (χ4v) is 3.64. The Balaban J connectivity index is 1.58. The Bertz CT molecular complexity index is 840. The number of carboxylic acid groups (broad SMARTS) is 1. The largest absolute Gasteiger partial charge is 0.492 e. The van der Waals surface area contributed by atoms with Gasteiger partial charge in [0, 0.05) is 13.1 Å². The number of hydrogen-bond donors (Lipinski definition) is 3. The lowest BCUT2D eigenvalue weighted by molar-refractivity contribution is -0.130. The number of aliphatic hydroxyl groups excluding tert-OH is 1. The van der Waals surface area contributed by atoms with Gasteiger partial charge < -0.3 is 20.3 Å². The molecular weight excluding hydrogens is 384 g/mol. The van der Waals surface area contributed by atoms with Gasteiger partial charge in [0.1, 0.15) is 12.4 Å². The predicted octanol–water partition coefficient (Wildman–Crippen LogP) is 2.47. The van der Waals surface area contributed by atoms with Crippen LogP contribution in [0.3, 0.4) is 0 Å². The number of nitrogens with one attached hydrogen (secondary N) is 1. The van der Waals surface area contributed by atoms with Crippen molar-refractivity contribution in [3.8, 4) is 5.75 Å². The summed E-state index contributed by atoms with van der Waals surface area (Å²) >= 11 is 0. The lowest BCUT2D eigenvalue weighted by Gasteiger charge is -2.37. The summed E-state index contributed by atoms with van der Waals surface area (Å²) in [6.45, 7) is 3.52. The highest BCUT2D eigenvalue weighted by molar-refractivity contribution is 5.87. The molecule has 0 radical (unpaired) electrons. The molecule has 160 valence electrons. The molecule has 3 N–H and O–H groups in total. The number of carbonyl (C=O) groups excluding carboxylic acids is 1. The second-order valence-electron chi connectivity index (χ2n) is 7.55. The van der Waals surface area contributed by atoms with Gasteiger partial charge in [-0.1, -0.05) is 30.3 Å². The molecule has 0 unspecified atom stereocenters. The molecule has 0 saturated carbocycles. The normalized spacial score (nSPS) is 20.3. The number of para-hydroxylation sites is 1. The van der Waals surface area contributed by atoms with E-state index in [1.54, 1.807) is 12.1 Å². The number of likely N-dealkylation sites (tertiary alicyclic amines) is 1. The average molecular weight is 412 g/mol. The quantitative estimate of drug-likeness (QED) is 0.616. The van der Waals surface area contributed by atoms with Crippen LogP contribution in [0.15, 0.2) is 54.6 Å². The molecule has 0 spiro atoms. The van der Waals surface area contributed by atoms with Crippen LogP contribution in [0.5, 0.6) is 5.75 Å². The first-order chi connectivity index (χ1) is 14.4. The van der Waals surface area contributed by atoms with Crippen LogP contribution in [0.1, 0.15) is 41.7 Å². The van der Waals surface area contributed by atoms with Gasteiger partial charge in [0.15, 0.2) is 0 Å². The Hall–Kier alpha value is -2.90. The van der Waals surface area contributed by atoms with Gasteiger partial charge in [-0.15, -0.1) is 0 Å². The number of benzene rings is 2. The topological polar surface area (TPSA) is 99.1 Å². The molecule has 1 amide bonds. The SMILES string of the molecule is C[C@H](NC(=O)[C@H]1C[C@@H](O)CCN1CCOc1ccccc1)c1ccc(C(=O)O)cc1. The summed E-state index contributed by atoms with van der Waals surface area (Å²) in [5, 5.41) is 22.1. The van der Waals surface area contributed by atoms with Crippen molar-refractivity contribution in [1.29, 1.82) is 0 Å². The summed E-state index contributed by atoms with van der Waals surface area (Å²) < 4.78 is 5.76. The van der Waals surface area contributed by atoms with E-state index in [-0.39, 0.29) is 17.5 Å². The van der Waals surface area contributed by atoms with E-state index in [9.17, 15) is 14.7 Å². The molecule has 0 aliphatic carbocycles. The van der Waals surface area contributed by atoms with Crippen molar-refractivity contribution < 1.29 is 24.5 Å². The summed E-state index contributed by atoms with van der Waals surface area (Å²) in [4.78, 5) is 26.0. The molecule has 1 saturated heterocycles. The Labute approximate surface area is 176 Å². The van der Waals surface area contributed by atoms with Crippen LogP contribution >= 0.6 is 0 Å². The monoisotopic (exact) mass is 412 g/mol. The van der Waals surface area contributed by atoms with Crippen LogP contribution in [0.4, 0.5) is 0 Å². The Morgan fingerprint density at radius 2 is 1.87 bits per heavy atom. The number of aliphatic hydroxyl groups is 1. The molecule has 3 rings (SSSR count). The van der Waals surface area contributed by atoms with Gasteiger partial charge in [-0.05, 0) is 49.6 Å². The first-order valence-electron chi connectivity index (χ1n) is 10.2. The zero-order valence-electron chi connectivity index (χ0n) is 17.0. The standard InChI is InChI=1S/C23H28N2O5/c1-16(17-7-9-18(10-8-17)23(28)29)24-22(27)21-15-19(26)11-12-25(21)13-14-30-20-5-3-2-4-6-20/h2-10,16,19,21,26H,11-15H2,1H3,(H,24,27)(H,28,29)/t16-,19-,21+/m0/s1. The predicted molar refractivity (Wildman–Crippen MR) is 112 cm³/mol. The van der Waals surface area contributed by atoms with Crippen LogP contribution in [-0.2, 0) is 4.79 Å². The molecule has 7 heteroatoms. The number of ether oxygens (including phenoxy) is 1. The van der Waals surface area contributed by atoms with Crippen molar-refractivity contribution in [2.24, 2.45) is 0 Å². The second-order valence-corrected chi connectivity index (χ2v) is 7.55. The maximum atomic E-state index is 12.9. The third kappa shape index (κ3) is 5.81. The fourth-order valence-electron chi connectivity index (χ4n) is 3.64. The third-order valence-electron chi connectivity index (χ3n) is 5.40. The molecule has 30 heavy (non-hydrogen) atoms. The van der Waals surface area contributed by atoms with Crippen LogP contribution in [0, 0.1) is 0 Å². The van der Waals surface area contributed by atoms with Crippen molar-refractivity contribution in [1.82, 2.24) is 10.2 Å². The summed E-state index contributed by atoms with van der Waals surface area (Å²) in [5.74, 6) is -0.347. The minimum atomic E-state index is -0.984. The molecule has 1 aliphatic rings. The molecule has 3 atom stereocenters. The maximum absolute atomic E-state index is 12.9. The minimum absolute atomic E-state index is 0.150. The Morgan fingerprint density at radius 3 is 2.53 bits per heavy atom. The molecule has 1 heterocycles. The van der Waals surface area contributed by atoms with Gasteiger partial charge in [0.25, 0.3) is 0 Å². The number of amides is 1. The van der Waals surface area contributed by atoms with E-state index in [1.807, 2.05) is 42.2 Å². The Morgan fingerprint density at radius 1 is 1.17 bits per heavy atom. The molecule has 7 nitrogen and oxygen atoms in total. The smallest absolute Gasteiger partial charge is 0.335 e. The van der Waals surface area contributed by atoms with Gasteiger partial charge in [0.2, 0.25) is 5.91 Å². The number of aromatic carboxylic acids is 1. The van der Waals surface area contributed by atoms with Crippen LogP contribution < -0.4 is 10.1 Å². The first-order valence-corrected chi connectivity index (χ1v) is 10.2. The van der Waals surface area contributed by atoms with Crippen molar-refractivity contribution >= 4 is 11.9 Å². The van der Waals surface area contributed by atoms with E-state index in [0.29, 0.717) is 32.5 Å². The number of carbonyl (C=O) groups is 2. The number of piperidine rings is 1. The van der Waals surface area contributed by atoms with E-state index in [4.69, 9.17) is 9.84 Å². The van der Waals surface area contributed by atoms with Gasteiger partial charge in [0.05, 0.1) is 23.8 Å². The lowest BCUT2D eigenvalue weighted by atomic mass is 9.98. The molecule has 1 fully saturated rings. The van der Waals surface area contributed by atoms with Gasteiger partial charge in [-0.2, -0.15) is 0 Å². The number of hydrogen-bond acceptors (Lipinski definition) is 5. The number of nitrogens with zero attached hydrogens (tertiary/aromatic N) is 1. The lowest BCUT2D eigenvalue weighted by Crippen LogP contribution is -2.53. The van der Waals surface area contributed by atoms with E-state index in [1.165, 1.54) is 12.1 Å². The average Bonchev–Trinajstić information content (AvgIpc) is 2.75. The van der Waals surface area contributed by atoms with Gasteiger partial charge in [-0.25, -0.2) is 4.79 Å².